The normalized spacial score (nSPS) is 21.9. The van der Waals surface area contributed by atoms with Crippen molar-refractivity contribution in [3.05, 3.63) is 48.2 Å². The van der Waals surface area contributed by atoms with Crippen LogP contribution in [0.2, 0.25) is 0 Å². The van der Waals surface area contributed by atoms with Crippen LogP contribution in [0, 0.1) is 0 Å². The first-order chi connectivity index (χ1) is 7.88. The second kappa shape index (κ2) is 4.94. The molecular formula is C14H16ClNO. The molecule has 3 heteroatoms. The fraction of sp³-hybridized carbons (Fsp3) is 0.286. The Morgan fingerprint density at radius 2 is 1.94 bits per heavy atom. The second-order valence-corrected chi connectivity index (χ2v) is 4.34. The van der Waals surface area contributed by atoms with Gasteiger partial charge in [-0.2, -0.15) is 0 Å². The predicted octanol–water partition coefficient (Wildman–Crippen LogP) is 3.44. The number of likely N-dealkylation sites (N-methyl/N-ethyl adjacent to an activating group) is 1. The molecule has 2 nitrogen and oxygen atoms in total. The lowest BCUT2D eigenvalue weighted by Crippen LogP contribution is -2.10. The minimum Gasteiger partial charge on any atom is -0.464 e. The van der Waals surface area contributed by atoms with Crippen molar-refractivity contribution >= 4 is 12.4 Å². The van der Waals surface area contributed by atoms with E-state index >= 15 is 0 Å². The lowest BCUT2D eigenvalue weighted by Gasteiger charge is -2.01. The molecule has 1 aliphatic rings. The summed E-state index contributed by atoms with van der Waals surface area (Å²) in [6, 6.07) is 13.3. The van der Waals surface area contributed by atoms with Crippen molar-refractivity contribution in [1.29, 1.82) is 0 Å². The molecule has 0 saturated heterocycles. The van der Waals surface area contributed by atoms with E-state index in [4.69, 9.17) is 4.42 Å². The van der Waals surface area contributed by atoms with Crippen LogP contribution in [-0.2, 0) is 0 Å². The van der Waals surface area contributed by atoms with Gasteiger partial charge in [0.25, 0.3) is 0 Å². The molecule has 0 aliphatic heterocycles. The minimum atomic E-state index is 0. The predicted molar refractivity (Wildman–Crippen MR) is 71.6 cm³/mol. The largest absolute Gasteiger partial charge is 0.464 e. The Bertz CT molecular complexity index is 463. The summed E-state index contributed by atoms with van der Waals surface area (Å²) in [7, 11) is 2.03. The third kappa shape index (κ3) is 2.38. The average molecular weight is 250 g/mol. The molecule has 1 aromatic heterocycles. The number of hydrogen-bond acceptors (Lipinski definition) is 2. The first-order valence-electron chi connectivity index (χ1n) is 5.69. The van der Waals surface area contributed by atoms with Gasteiger partial charge >= 0.3 is 0 Å². The van der Waals surface area contributed by atoms with Gasteiger partial charge in [-0.15, -0.1) is 12.4 Å². The molecule has 1 N–H and O–H groups in total. The Kier molecular flexibility index (Phi) is 3.55. The fourth-order valence-corrected chi connectivity index (χ4v) is 2.22. The molecule has 1 aliphatic carbocycles. The van der Waals surface area contributed by atoms with Crippen LogP contribution in [0.1, 0.15) is 17.9 Å². The summed E-state index contributed by atoms with van der Waals surface area (Å²) in [6.07, 6.45) is 2.97. The molecule has 3 rings (SSSR count). The van der Waals surface area contributed by atoms with Gasteiger partial charge in [-0.3, -0.25) is 0 Å². The molecule has 0 bridgehead atoms. The number of rotatable bonds is 3. The standard InChI is InChI=1S/C14H15NO.ClH/c1-15-13-9-12(13)10-4-6-11(7-5-10)14-3-2-8-16-14;/h2-8,12-13,15H,9H2,1H3;1H/t12-,13+;/m0./s1. The molecule has 2 aromatic rings. The van der Waals surface area contributed by atoms with E-state index < -0.39 is 0 Å². The maximum absolute atomic E-state index is 5.37. The molecule has 0 radical (unpaired) electrons. The number of halogens is 1. The highest BCUT2D eigenvalue weighted by atomic mass is 35.5. The monoisotopic (exact) mass is 249 g/mol. The molecular weight excluding hydrogens is 234 g/mol. The lowest BCUT2D eigenvalue weighted by atomic mass is 10.1. The van der Waals surface area contributed by atoms with Gasteiger partial charge in [0.15, 0.2) is 0 Å². The first-order valence-corrected chi connectivity index (χ1v) is 5.69. The maximum Gasteiger partial charge on any atom is 0.133 e. The summed E-state index contributed by atoms with van der Waals surface area (Å²) in [5.41, 5.74) is 2.57. The zero-order valence-corrected chi connectivity index (χ0v) is 10.5. The molecule has 2 atom stereocenters. The van der Waals surface area contributed by atoms with Crippen molar-refractivity contribution in [3.8, 4) is 11.3 Å². The van der Waals surface area contributed by atoms with Crippen LogP contribution < -0.4 is 5.32 Å². The summed E-state index contributed by atoms with van der Waals surface area (Å²) < 4.78 is 5.37. The van der Waals surface area contributed by atoms with Gasteiger partial charge < -0.3 is 9.73 Å². The van der Waals surface area contributed by atoms with Gasteiger partial charge in [0.1, 0.15) is 5.76 Å². The summed E-state index contributed by atoms with van der Waals surface area (Å²) in [6.45, 7) is 0. The molecule has 1 heterocycles. The quantitative estimate of drug-likeness (QED) is 0.902. The Morgan fingerprint density at radius 1 is 1.18 bits per heavy atom. The van der Waals surface area contributed by atoms with Crippen LogP contribution in [0.15, 0.2) is 47.1 Å². The van der Waals surface area contributed by atoms with Crippen LogP contribution in [-0.4, -0.2) is 13.1 Å². The smallest absolute Gasteiger partial charge is 0.133 e. The highest BCUT2D eigenvalue weighted by molar-refractivity contribution is 5.85. The molecule has 17 heavy (non-hydrogen) atoms. The van der Waals surface area contributed by atoms with Crippen LogP contribution in [0.3, 0.4) is 0 Å². The molecule has 0 spiro atoms. The Labute approximate surface area is 107 Å². The van der Waals surface area contributed by atoms with Gasteiger partial charge in [0, 0.05) is 17.5 Å². The molecule has 1 saturated carbocycles. The van der Waals surface area contributed by atoms with Gasteiger partial charge in [0.05, 0.1) is 6.26 Å². The minimum absolute atomic E-state index is 0. The molecule has 0 unspecified atom stereocenters. The van der Waals surface area contributed by atoms with Crippen molar-refractivity contribution in [3.63, 3.8) is 0 Å². The van der Waals surface area contributed by atoms with Crippen LogP contribution in [0.25, 0.3) is 11.3 Å². The molecule has 1 fully saturated rings. The van der Waals surface area contributed by atoms with Crippen molar-refractivity contribution in [1.82, 2.24) is 5.32 Å². The third-order valence-electron chi connectivity index (χ3n) is 3.31. The number of furan rings is 1. The van der Waals surface area contributed by atoms with Crippen molar-refractivity contribution < 1.29 is 4.42 Å². The number of benzene rings is 1. The van der Waals surface area contributed by atoms with E-state index in [1.165, 1.54) is 12.0 Å². The van der Waals surface area contributed by atoms with Gasteiger partial charge in [-0.1, -0.05) is 24.3 Å². The molecule has 90 valence electrons. The second-order valence-electron chi connectivity index (χ2n) is 4.34. The van der Waals surface area contributed by atoms with Gasteiger partial charge in [-0.25, -0.2) is 0 Å². The van der Waals surface area contributed by atoms with Crippen LogP contribution >= 0.6 is 12.4 Å². The van der Waals surface area contributed by atoms with Crippen LogP contribution in [0.5, 0.6) is 0 Å². The number of hydrogen-bond donors (Lipinski definition) is 1. The van der Waals surface area contributed by atoms with Crippen molar-refractivity contribution in [2.75, 3.05) is 7.05 Å². The van der Waals surface area contributed by atoms with E-state index in [9.17, 15) is 0 Å². The molecule has 1 aromatic carbocycles. The third-order valence-corrected chi connectivity index (χ3v) is 3.31. The van der Waals surface area contributed by atoms with E-state index in [0.29, 0.717) is 12.0 Å². The van der Waals surface area contributed by atoms with E-state index in [2.05, 4.69) is 29.6 Å². The van der Waals surface area contributed by atoms with E-state index in [-0.39, 0.29) is 12.4 Å². The van der Waals surface area contributed by atoms with E-state index in [1.54, 1.807) is 6.26 Å². The Balaban J connectivity index is 0.00000108. The first kappa shape index (κ1) is 12.2. The lowest BCUT2D eigenvalue weighted by molar-refractivity contribution is 0.582. The number of nitrogens with one attached hydrogen (secondary N) is 1. The zero-order valence-electron chi connectivity index (χ0n) is 9.72. The van der Waals surface area contributed by atoms with Crippen molar-refractivity contribution in [2.24, 2.45) is 0 Å². The SMILES string of the molecule is CN[C@@H]1C[C@H]1c1ccc(-c2ccco2)cc1.Cl. The van der Waals surface area contributed by atoms with Crippen molar-refractivity contribution in [2.45, 2.75) is 18.4 Å². The highest BCUT2D eigenvalue weighted by Gasteiger charge is 2.36. The van der Waals surface area contributed by atoms with E-state index in [0.717, 1.165) is 11.3 Å². The van der Waals surface area contributed by atoms with Gasteiger partial charge in [0.2, 0.25) is 0 Å². The summed E-state index contributed by atoms with van der Waals surface area (Å²) >= 11 is 0. The Hall–Kier alpha value is -1.25. The van der Waals surface area contributed by atoms with E-state index in [1.807, 2.05) is 19.2 Å². The fourth-order valence-electron chi connectivity index (χ4n) is 2.22. The van der Waals surface area contributed by atoms with Crippen LogP contribution in [0.4, 0.5) is 0 Å². The average Bonchev–Trinajstić information content (AvgIpc) is 2.93. The molecule has 0 amide bonds. The summed E-state index contributed by atoms with van der Waals surface area (Å²) in [4.78, 5) is 0. The summed E-state index contributed by atoms with van der Waals surface area (Å²) in [5.74, 6) is 1.64. The highest BCUT2D eigenvalue weighted by Crippen LogP contribution is 2.40. The maximum atomic E-state index is 5.37. The topological polar surface area (TPSA) is 25.2 Å². The Morgan fingerprint density at radius 3 is 2.47 bits per heavy atom. The zero-order chi connectivity index (χ0) is 11.0. The summed E-state index contributed by atoms with van der Waals surface area (Å²) in [5, 5.41) is 3.31. The van der Waals surface area contributed by atoms with Gasteiger partial charge in [-0.05, 0) is 31.2 Å².